The zero-order valence-electron chi connectivity index (χ0n) is 11.1. The van der Waals surface area contributed by atoms with Crippen LogP contribution in [0.1, 0.15) is 0 Å². The summed E-state index contributed by atoms with van der Waals surface area (Å²) in [6, 6.07) is 16.6. The molecule has 1 heterocycles. The van der Waals surface area contributed by atoms with Crippen molar-refractivity contribution in [1.29, 1.82) is 0 Å². The lowest BCUT2D eigenvalue weighted by molar-refractivity contribution is 0.475. The number of nitrogens with zero attached hydrogens (tertiary/aromatic N) is 1. The van der Waals surface area contributed by atoms with Crippen LogP contribution in [0.25, 0.3) is 11.1 Å². The molecule has 0 unspecified atom stereocenters. The summed E-state index contributed by atoms with van der Waals surface area (Å²) in [5.74, 6) is 0.239. The Labute approximate surface area is 127 Å². The lowest BCUT2D eigenvalue weighted by atomic mass is 10.1. The maximum Gasteiger partial charge on any atom is 0.116 e. The summed E-state index contributed by atoms with van der Waals surface area (Å²) in [6.07, 6.45) is 3.52. The molecule has 0 aliphatic heterocycles. The number of anilines is 2. The Kier molecular flexibility index (Phi) is 3.75. The molecule has 104 valence electrons. The minimum atomic E-state index is 0.239. The molecule has 0 amide bonds. The van der Waals surface area contributed by atoms with Gasteiger partial charge in [-0.25, -0.2) is 0 Å². The van der Waals surface area contributed by atoms with Crippen molar-refractivity contribution >= 4 is 23.0 Å². The van der Waals surface area contributed by atoms with E-state index in [4.69, 9.17) is 11.6 Å². The SMILES string of the molecule is Oc1cccc(-c2cncc(Nc3ccc(Cl)cc3)c2)c1. The first-order valence-electron chi connectivity index (χ1n) is 6.48. The van der Waals surface area contributed by atoms with E-state index < -0.39 is 0 Å². The molecule has 1 aromatic heterocycles. The van der Waals surface area contributed by atoms with Crippen molar-refractivity contribution in [3.8, 4) is 16.9 Å². The molecule has 2 aromatic carbocycles. The summed E-state index contributed by atoms with van der Waals surface area (Å²) in [5, 5.41) is 13.5. The van der Waals surface area contributed by atoms with Gasteiger partial charge in [0, 0.05) is 22.5 Å². The summed E-state index contributed by atoms with van der Waals surface area (Å²) >= 11 is 5.87. The van der Waals surface area contributed by atoms with E-state index in [1.807, 2.05) is 42.5 Å². The molecule has 21 heavy (non-hydrogen) atoms. The highest BCUT2D eigenvalue weighted by Crippen LogP contribution is 2.26. The Bertz CT molecular complexity index is 757. The van der Waals surface area contributed by atoms with Crippen LogP contribution in [0.15, 0.2) is 67.0 Å². The van der Waals surface area contributed by atoms with Crippen LogP contribution >= 0.6 is 11.6 Å². The number of phenols is 1. The Morgan fingerprint density at radius 2 is 1.67 bits per heavy atom. The topological polar surface area (TPSA) is 45.2 Å². The second kappa shape index (κ2) is 5.85. The average molecular weight is 297 g/mol. The number of hydrogen-bond acceptors (Lipinski definition) is 3. The molecule has 0 spiro atoms. The molecular formula is C17H13ClN2O. The second-order valence-corrected chi connectivity index (χ2v) is 5.08. The highest BCUT2D eigenvalue weighted by atomic mass is 35.5. The highest BCUT2D eigenvalue weighted by molar-refractivity contribution is 6.30. The zero-order valence-corrected chi connectivity index (χ0v) is 11.9. The van der Waals surface area contributed by atoms with Crippen LogP contribution in [0.2, 0.25) is 5.02 Å². The molecule has 4 heteroatoms. The van der Waals surface area contributed by atoms with Gasteiger partial charge in [0.15, 0.2) is 0 Å². The van der Waals surface area contributed by atoms with E-state index in [0.717, 1.165) is 22.5 Å². The molecule has 0 radical (unpaired) electrons. The number of hydrogen-bond donors (Lipinski definition) is 2. The summed E-state index contributed by atoms with van der Waals surface area (Å²) in [6.45, 7) is 0. The van der Waals surface area contributed by atoms with Gasteiger partial charge in [-0.05, 0) is 48.0 Å². The van der Waals surface area contributed by atoms with E-state index in [-0.39, 0.29) is 5.75 Å². The van der Waals surface area contributed by atoms with Gasteiger partial charge in [0.2, 0.25) is 0 Å². The maximum absolute atomic E-state index is 9.56. The Morgan fingerprint density at radius 3 is 2.43 bits per heavy atom. The number of benzene rings is 2. The molecular weight excluding hydrogens is 284 g/mol. The van der Waals surface area contributed by atoms with Gasteiger partial charge >= 0.3 is 0 Å². The molecule has 0 aliphatic carbocycles. The van der Waals surface area contributed by atoms with E-state index in [2.05, 4.69) is 10.3 Å². The predicted octanol–water partition coefficient (Wildman–Crippen LogP) is 4.85. The first kappa shape index (κ1) is 13.5. The molecule has 3 nitrogen and oxygen atoms in total. The predicted molar refractivity (Wildman–Crippen MR) is 86.1 cm³/mol. The smallest absolute Gasteiger partial charge is 0.116 e. The van der Waals surface area contributed by atoms with Gasteiger partial charge in [-0.15, -0.1) is 0 Å². The molecule has 0 saturated heterocycles. The minimum Gasteiger partial charge on any atom is -0.508 e. The van der Waals surface area contributed by atoms with Crippen molar-refractivity contribution in [2.24, 2.45) is 0 Å². The number of halogens is 1. The van der Waals surface area contributed by atoms with Crippen molar-refractivity contribution < 1.29 is 5.11 Å². The van der Waals surface area contributed by atoms with Crippen molar-refractivity contribution in [3.63, 3.8) is 0 Å². The lowest BCUT2D eigenvalue weighted by Crippen LogP contribution is -1.91. The van der Waals surface area contributed by atoms with Gasteiger partial charge in [-0.3, -0.25) is 4.98 Å². The Balaban J connectivity index is 1.88. The standard InChI is InChI=1S/C17H13ClN2O/c18-14-4-6-15(7-5-14)20-16-8-13(10-19-11-16)12-2-1-3-17(21)9-12/h1-11,20-21H. The fourth-order valence-corrected chi connectivity index (χ4v) is 2.18. The largest absolute Gasteiger partial charge is 0.508 e. The van der Waals surface area contributed by atoms with Gasteiger partial charge in [0.25, 0.3) is 0 Å². The van der Waals surface area contributed by atoms with E-state index in [0.29, 0.717) is 5.02 Å². The molecule has 0 atom stereocenters. The summed E-state index contributed by atoms with van der Waals surface area (Å²) in [5.41, 5.74) is 3.67. The van der Waals surface area contributed by atoms with Crippen molar-refractivity contribution in [2.45, 2.75) is 0 Å². The number of phenolic OH excluding ortho intramolecular Hbond substituents is 1. The molecule has 0 fully saturated rings. The molecule has 0 bridgehead atoms. The van der Waals surface area contributed by atoms with Crippen LogP contribution in [0, 0.1) is 0 Å². The van der Waals surface area contributed by atoms with Crippen LogP contribution in [0.4, 0.5) is 11.4 Å². The Morgan fingerprint density at radius 1 is 0.857 bits per heavy atom. The monoisotopic (exact) mass is 296 g/mol. The average Bonchev–Trinajstić information content (AvgIpc) is 2.50. The van der Waals surface area contributed by atoms with Gasteiger partial charge in [0.05, 0.1) is 11.9 Å². The normalized spacial score (nSPS) is 10.3. The lowest BCUT2D eigenvalue weighted by Gasteiger charge is -2.08. The number of aromatic nitrogens is 1. The van der Waals surface area contributed by atoms with Gasteiger partial charge in [-0.1, -0.05) is 23.7 Å². The van der Waals surface area contributed by atoms with Crippen LogP contribution in [0.3, 0.4) is 0 Å². The van der Waals surface area contributed by atoms with Crippen molar-refractivity contribution in [1.82, 2.24) is 4.98 Å². The number of pyridine rings is 1. The van der Waals surface area contributed by atoms with E-state index >= 15 is 0 Å². The molecule has 2 N–H and O–H groups in total. The quantitative estimate of drug-likeness (QED) is 0.726. The Hall–Kier alpha value is -2.52. The highest BCUT2D eigenvalue weighted by Gasteiger charge is 2.02. The third kappa shape index (κ3) is 3.33. The first-order chi connectivity index (χ1) is 10.2. The summed E-state index contributed by atoms with van der Waals surface area (Å²) < 4.78 is 0. The minimum absolute atomic E-state index is 0.239. The van der Waals surface area contributed by atoms with Crippen LogP contribution < -0.4 is 5.32 Å². The summed E-state index contributed by atoms with van der Waals surface area (Å²) in [7, 11) is 0. The van der Waals surface area contributed by atoms with E-state index in [1.54, 1.807) is 24.5 Å². The second-order valence-electron chi connectivity index (χ2n) is 4.64. The third-order valence-corrected chi connectivity index (χ3v) is 3.30. The number of rotatable bonds is 3. The molecule has 3 rings (SSSR count). The van der Waals surface area contributed by atoms with Crippen LogP contribution in [-0.4, -0.2) is 10.1 Å². The van der Waals surface area contributed by atoms with Crippen molar-refractivity contribution in [3.05, 3.63) is 72.0 Å². The summed E-state index contributed by atoms with van der Waals surface area (Å²) in [4.78, 5) is 4.23. The van der Waals surface area contributed by atoms with E-state index in [9.17, 15) is 5.11 Å². The van der Waals surface area contributed by atoms with E-state index in [1.165, 1.54) is 0 Å². The van der Waals surface area contributed by atoms with Gasteiger partial charge in [-0.2, -0.15) is 0 Å². The van der Waals surface area contributed by atoms with Crippen LogP contribution in [0.5, 0.6) is 5.75 Å². The fraction of sp³-hybridized carbons (Fsp3) is 0. The molecule has 0 aliphatic rings. The van der Waals surface area contributed by atoms with Gasteiger partial charge < -0.3 is 10.4 Å². The third-order valence-electron chi connectivity index (χ3n) is 3.05. The number of nitrogens with one attached hydrogen (secondary N) is 1. The van der Waals surface area contributed by atoms with Crippen LogP contribution in [-0.2, 0) is 0 Å². The van der Waals surface area contributed by atoms with Gasteiger partial charge in [0.1, 0.15) is 5.75 Å². The zero-order chi connectivity index (χ0) is 14.7. The van der Waals surface area contributed by atoms with Crippen molar-refractivity contribution in [2.75, 3.05) is 5.32 Å². The number of aromatic hydroxyl groups is 1. The molecule has 0 saturated carbocycles. The fourth-order valence-electron chi connectivity index (χ4n) is 2.05. The first-order valence-corrected chi connectivity index (χ1v) is 6.85. The maximum atomic E-state index is 9.56. The molecule has 3 aromatic rings.